The van der Waals surface area contributed by atoms with Crippen molar-refractivity contribution >= 4 is 28.9 Å². The Bertz CT molecular complexity index is 613. The number of rotatable bonds is 6. The smallest absolute Gasteiger partial charge is 0.152 e. The van der Waals surface area contributed by atoms with Crippen molar-refractivity contribution in [3.05, 3.63) is 53.2 Å². The Labute approximate surface area is 130 Å². The van der Waals surface area contributed by atoms with Gasteiger partial charge in [-0.1, -0.05) is 43.1 Å². The molecule has 0 amide bonds. The second kappa shape index (κ2) is 7.09. The molecule has 0 unspecified atom stereocenters. The van der Waals surface area contributed by atoms with Crippen LogP contribution in [0.25, 0.3) is 0 Å². The van der Waals surface area contributed by atoms with Gasteiger partial charge in [-0.2, -0.15) is 0 Å². The van der Waals surface area contributed by atoms with Gasteiger partial charge in [0.2, 0.25) is 0 Å². The molecule has 4 nitrogen and oxygen atoms in total. The van der Waals surface area contributed by atoms with Crippen LogP contribution in [0.3, 0.4) is 0 Å². The number of amidine groups is 1. The molecule has 2 rings (SSSR count). The van der Waals surface area contributed by atoms with Gasteiger partial charge in [-0.25, -0.2) is 4.98 Å². The minimum atomic E-state index is -0.0489. The Morgan fingerprint density at radius 3 is 2.62 bits per heavy atom. The zero-order chi connectivity index (χ0) is 15.2. The Kier molecular flexibility index (Phi) is 5.17. The first kappa shape index (κ1) is 15.3. The zero-order valence-electron chi connectivity index (χ0n) is 12.0. The third-order valence-corrected chi connectivity index (χ3v) is 3.59. The molecule has 1 heterocycles. The first-order valence-corrected chi connectivity index (χ1v) is 7.34. The molecule has 5 heteroatoms. The highest BCUT2D eigenvalue weighted by Crippen LogP contribution is 2.32. The minimum Gasteiger partial charge on any atom is -0.384 e. The van der Waals surface area contributed by atoms with Crippen LogP contribution in [0.4, 0.5) is 11.5 Å². The highest BCUT2D eigenvalue weighted by molar-refractivity contribution is 6.36. The maximum atomic E-state index is 7.60. The molecule has 0 spiro atoms. The molecule has 3 N–H and O–H groups in total. The predicted molar refractivity (Wildman–Crippen MR) is 88.6 cm³/mol. The molecule has 2 aromatic rings. The molecule has 0 saturated carbocycles. The molecule has 0 aliphatic rings. The number of nitrogens with two attached hydrogens (primary N) is 1. The lowest BCUT2D eigenvalue weighted by molar-refractivity contribution is 0.779. The predicted octanol–water partition coefficient (Wildman–Crippen LogP) is 3.96. The van der Waals surface area contributed by atoms with Crippen molar-refractivity contribution in [2.45, 2.75) is 19.8 Å². The van der Waals surface area contributed by atoms with Crippen LogP contribution in [0.5, 0.6) is 0 Å². The van der Waals surface area contributed by atoms with E-state index in [1.807, 2.05) is 30.3 Å². The van der Waals surface area contributed by atoms with Gasteiger partial charge in [0.25, 0.3) is 0 Å². The fraction of sp³-hybridized carbons (Fsp3) is 0.250. The van der Waals surface area contributed by atoms with Crippen LogP contribution in [0.2, 0.25) is 5.02 Å². The third-order valence-electron chi connectivity index (χ3n) is 3.22. The SMILES string of the molecule is CCCCN(c1ccccc1)c1nccc(C(=N)N)c1Cl. The molecule has 21 heavy (non-hydrogen) atoms. The topological polar surface area (TPSA) is 66.0 Å². The summed E-state index contributed by atoms with van der Waals surface area (Å²) in [5.74, 6) is 0.594. The van der Waals surface area contributed by atoms with Crippen molar-refractivity contribution < 1.29 is 0 Å². The van der Waals surface area contributed by atoms with Crippen LogP contribution in [-0.4, -0.2) is 17.4 Å². The van der Waals surface area contributed by atoms with E-state index < -0.39 is 0 Å². The molecule has 0 atom stereocenters. The lowest BCUT2D eigenvalue weighted by Gasteiger charge is -2.25. The van der Waals surface area contributed by atoms with Crippen LogP contribution >= 0.6 is 11.6 Å². The first-order chi connectivity index (χ1) is 10.1. The van der Waals surface area contributed by atoms with Crippen molar-refractivity contribution in [1.29, 1.82) is 5.41 Å². The van der Waals surface area contributed by atoms with Gasteiger partial charge < -0.3 is 10.6 Å². The van der Waals surface area contributed by atoms with Crippen molar-refractivity contribution in [3.8, 4) is 0 Å². The van der Waals surface area contributed by atoms with Crippen LogP contribution < -0.4 is 10.6 Å². The number of hydrogen-bond donors (Lipinski definition) is 2. The van der Waals surface area contributed by atoms with Gasteiger partial charge in [0.1, 0.15) is 5.84 Å². The fourth-order valence-corrected chi connectivity index (χ4v) is 2.43. The quantitative estimate of drug-likeness (QED) is 0.627. The average molecular weight is 303 g/mol. The summed E-state index contributed by atoms with van der Waals surface area (Å²) in [6.07, 6.45) is 3.74. The van der Waals surface area contributed by atoms with Crippen LogP contribution in [0.1, 0.15) is 25.3 Å². The number of unbranched alkanes of at least 4 members (excludes halogenated alkanes) is 1. The number of hydrogen-bond acceptors (Lipinski definition) is 3. The molecule has 0 bridgehead atoms. The summed E-state index contributed by atoms with van der Waals surface area (Å²) in [4.78, 5) is 6.46. The van der Waals surface area contributed by atoms with E-state index in [2.05, 4.69) is 16.8 Å². The van der Waals surface area contributed by atoms with Gasteiger partial charge in [0, 0.05) is 24.0 Å². The summed E-state index contributed by atoms with van der Waals surface area (Å²) < 4.78 is 0. The fourth-order valence-electron chi connectivity index (χ4n) is 2.11. The molecule has 0 fully saturated rings. The van der Waals surface area contributed by atoms with Crippen molar-refractivity contribution in [2.24, 2.45) is 5.73 Å². The minimum absolute atomic E-state index is 0.0489. The number of nitrogens with one attached hydrogen (secondary N) is 1. The Hall–Kier alpha value is -2.07. The molecule has 1 aromatic carbocycles. The standard InChI is InChI=1S/C16H19ClN4/c1-2-3-11-21(12-7-5-4-6-8-12)16-14(17)13(15(18)19)9-10-20-16/h4-10H,2-3,11H2,1H3,(H3,18,19). The van der Waals surface area contributed by atoms with Gasteiger partial charge in [-0.05, 0) is 24.6 Å². The van der Waals surface area contributed by atoms with Crippen LogP contribution in [0.15, 0.2) is 42.6 Å². The largest absolute Gasteiger partial charge is 0.384 e. The molecule has 0 saturated heterocycles. The van der Waals surface area contributed by atoms with E-state index in [1.165, 1.54) is 0 Å². The summed E-state index contributed by atoms with van der Waals surface area (Å²) in [5, 5.41) is 8.02. The maximum absolute atomic E-state index is 7.60. The van der Waals surface area contributed by atoms with Crippen molar-refractivity contribution in [2.75, 3.05) is 11.4 Å². The molecule has 0 radical (unpaired) electrons. The van der Waals surface area contributed by atoms with Gasteiger partial charge in [-0.15, -0.1) is 0 Å². The summed E-state index contributed by atoms with van der Waals surface area (Å²) in [6, 6.07) is 11.6. The molecular formula is C16H19ClN4. The van der Waals surface area contributed by atoms with E-state index in [1.54, 1.807) is 12.3 Å². The van der Waals surface area contributed by atoms with Crippen molar-refractivity contribution in [3.63, 3.8) is 0 Å². The van der Waals surface area contributed by atoms with Gasteiger partial charge >= 0.3 is 0 Å². The van der Waals surface area contributed by atoms with Gasteiger partial charge in [0.15, 0.2) is 5.82 Å². The van der Waals surface area contributed by atoms with Gasteiger partial charge in [-0.3, -0.25) is 5.41 Å². The highest BCUT2D eigenvalue weighted by atomic mass is 35.5. The Morgan fingerprint density at radius 2 is 2.00 bits per heavy atom. The number of anilines is 2. The summed E-state index contributed by atoms with van der Waals surface area (Å²) in [6.45, 7) is 2.96. The highest BCUT2D eigenvalue weighted by Gasteiger charge is 2.17. The number of halogens is 1. The van der Waals surface area contributed by atoms with E-state index in [-0.39, 0.29) is 5.84 Å². The maximum Gasteiger partial charge on any atom is 0.152 e. The number of nitrogens with zero attached hydrogens (tertiary/aromatic N) is 2. The molecule has 1 aromatic heterocycles. The third kappa shape index (κ3) is 3.52. The van der Waals surface area contributed by atoms with Gasteiger partial charge in [0.05, 0.1) is 5.02 Å². The Balaban J connectivity index is 2.47. The normalized spacial score (nSPS) is 10.4. The van der Waals surface area contributed by atoms with Crippen LogP contribution in [-0.2, 0) is 0 Å². The second-order valence-electron chi connectivity index (χ2n) is 4.75. The average Bonchev–Trinajstić information content (AvgIpc) is 2.50. The van der Waals surface area contributed by atoms with E-state index in [0.717, 1.165) is 25.1 Å². The van der Waals surface area contributed by atoms with E-state index in [9.17, 15) is 0 Å². The summed E-state index contributed by atoms with van der Waals surface area (Å²) in [7, 11) is 0. The lowest BCUT2D eigenvalue weighted by atomic mass is 10.2. The number of nitrogen functional groups attached to an aromatic ring is 1. The summed E-state index contributed by atoms with van der Waals surface area (Å²) >= 11 is 6.40. The second-order valence-corrected chi connectivity index (χ2v) is 5.13. The van der Waals surface area contributed by atoms with E-state index in [4.69, 9.17) is 22.7 Å². The molecule has 0 aliphatic heterocycles. The van der Waals surface area contributed by atoms with Crippen molar-refractivity contribution in [1.82, 2.24) is 4.98 Å². The molecule has 110 valence electrons. The molecule has 0 aliphatic carbocycles. The number of pyridine rings is 1. The molecular weight excluding hydrogens is 284 g/mol. The first-order valence-electron chi connectivity index (χ1n) is 6.96. The zero-order valence-corrected chi connectivity index (χ0v) is 12.8. The monoisotopic (exact) mass is 302 g/mol. The lowest BCUT2D eigenvalue weighted by Crippen LogP contribution is -2.21. The van der Waals surface area contributed by atoms with E-state index in [0.29, 0.717) is 16.4 Å². The number of aromatic nitrogens is 1. The number of para-hydroxylation sites is 1. The summed E-state index contributed by atoms with van der Waals surface area (Å²) in [5.41, 5.74) is 7.12. The number of benzene rings is 1. The van der Waals surface area contributed by atoms with Crippen LogP contribution in [0, 0.1) is 5.41 Å². The Morgan fingerprint density at radius 1 is 1.29 bits per heavy atom. The van der Waals surface area contributed by atoms with E-state index >= 15 is 0 Å².